The van der Waals surface area contributed by atoms with Crippen LogP contribution >= 0.6 is 27.9 Å². The van der Waals surface area contributed by atoms with Gasteiger partial charge in [0.05, 0.1) is 13.2 Å². The average Bonchev–Trinajstić information content (AvgIpc) is 1.06. The number of hydrogen-bond donors (Lipinski definition) is 18. The van der Waals surface area contributed by atoms with Crippen molar-refractivity contribution in [3.63, 3.8) is 0 Å². The molecule has 7 amide bonds. The SMILES string of the molecule is CC(=O)N[C@H]1[C@@H](OP(=O)(O)OP(=O)(O)OC[C@H]2O[C@@H](n3ccc(=O)[nH]c3=O)[C@H](O)[C@@H]2O)O[C@H](CO)[C@@H](O)[C@@H]1O[C@H](C)C(=O)N[C@@H](C)C(=O)N[C@H](CCC(=O)N[C@@H](CCCCNC(=S)Nc1ccc(NC(=O)c2cccc3c(N(C)C)cccc23)cc1)C(=O)N[C@H](C)C(=O)N[C@H](C)C(=O)O)C(=O)O. The molecule has 1 aromatic heterocycles. The molecule has 18 N–H and O–H groups in total. The first-order valence-electron chi connectivity index (χ1n) is 31.4. The fourth-order valence-electron chi connectivity index (χ4n) is 10.3. The molecule has 2 aliphatic heterocycles. The molecule has 17 atom stereocenters. The molecule has 0 bridgehead atoms. The van der Waals surface area contributed by atoms with Gasteiger partial charge in [0.25, 0.3) is 11.5 Å². The Balaban J connectivity index is 1.00. The van der Waals surface area contributed by atoms with E-state index in [1.165, 1.54) is 13.8 Å². The summed E-state index contributed by atoms with van der Waals surface area (Å²) >= 11 is 5.48. The van der Waals surface area contributed by atoms with E-state index < -0.39 is 192 Å². The van der Waals surface area contributed by atoms with Gasteiger partial charge < -0.3 is 107 Å². The molecular weight excluding hydrogens is 1410 g/mol. The number of hydrogen-bond acceptors (Lipinski definition) is 25. The number of aliphatic hydroxyl groups is 4. The Morgan fingerprint density at radius 2 is 1.31 bits per heavy atom. The first-order valence-corrected chi connectivity index (χ1v) is 34.8. The van der Waals surface area contributed by atoms with Crippen LogP contribution in [0.1, 0.15) is 83.3 Å². The lowest BCUT2D eigenvalue weighted by Gasteiger charge is -2.44. The van der Waals surface area contributed by atoms with Crippen LogP contribution < -0.4 is 64.0 Å². The Bertz CT molecular complexity index is 3930. The number of carbonyl (C=O) groups is 9. The lowest BCUT2D eigenvalue weighted by atomic mass is 9.96. The summed E-state index contributed by atoms with van der Waals surface area (Å²) in [6.45, 7) is 3.49. The highest BCUT2D eigenvalue weighted by Crippen LogP contribution is 2.61. The quantitative estimate of drug-likeness (QED) is 0.0132. The van der Waals surface area contributed by atoms with Crippen molar-refractivity contribution in [2.24, 2.45) is 0 Å². The summed E-state index contributed by atoms with van der Waals surface area (Å²) in [5, 5.41) is 86.4. The number of nitrogens with one attached hydrogen (secondary N) is 10. The van der Waals surface area contributed by atoms with E-state index in [2.05, 4.69) is 52.2 Å². The summed E-state index contributed by atoms with van der Waals surface area (Å²) in [4.78, 5) is 165. The number of aromatic amines is 1. The van der Waals surface area contributed by atoms with Gasteiger partial charge in [-0.3, -0.25) is 61.7 Å². The summed E-state index contributed by atoms with van der Waals surface area (Å²) in [5.41, 5.74) is 0.658. The average molecular weight is 1500 g/mol. The Hall–Kier alpha value is -8.70. The van der Waals surface area contributed by atoms with Gasteiger partial charge in [0.15, 0.2) is 17.6 Å². The second kappa shape index (κ2) is 36.9. The molecule has 0 saturated carbocycles. The topological polar surface area (TPSA) is 571 Å². The van der Waals surface area contributed by atoms with Gasteiger partial charge in [0.1, 0.15) is 79.0 Å². The number of aromatic nitrogens is 2. The molecule has 102 heavy (non-hydrogen) atoms. The number of ether oxygens (including phenoxy) is 3. The van der Waals surface area contributed by atoms with Gasteiger partial charge in [-0.25, -0.2) is 18.7 Å². The van der Waals surface area contributed by atoms with Crippen molar-refractivity contribution >= 4 is 114 Å². The number of nitrogens with zero attached hydrogens (tertiary/aromatic N) is 2. The summed E-state index contributed by atoms with van der Waals surface area (Å²) in [5.74, 6) is -9.21. The van der Waals surface area contributed by atoms with Crippen molar-refractivity contribution in [3.05, 3.63) is 99.3 Å². The zero-order valence-electron chi connectivity index (χ0n) is 55.8. The van der Waals surface area contributed by atoms with Crippen LogP contribution in [-0.4, -0.2) is 228 Å². The fraction of sp³-hybridized carbons (Fsp3) is 0.500. The molecule has 42 heteroatoms. The van der Waals surface area contributed by atoms with Gasteiger partial charge in [-0.2, -0.15) is 4.31 Å². The molecule has 3 aromatic carbocycles. The van der Waals surface area contributed by atoms with Gasteiger partial charge in [0.2, 0.25) is 35.4 Å². The van der Waals surface area contributed by atoms with E-state index in [9.17, 15) is 102 Å². The minimum atomic E-state index is -5.98. The second-order valence-corrected chi connectivity index (χ2v) is 27.1. The largest absolute Gasteiger partial charge is 0.483 e. The van der Waals surface area contributed by atoms with Gasteiger partial charge >= 0.3 is 33.3 Å². The minimum absolute atomic E-state index is 0.0560. The Morgan fingerprint density at radius 3 is 1.93 bits per heavy atom. The summed E-state index contributed by atoms with van der Waals surface area (Å²) in [6, 6.07) is 9.52. The van der Waals surface area contributed by atoms with Crippen molar-refractivity contribution in [1.29, 1.82) is 0 Å². The van der Waals surface area contributed by atoms with Crippen LogP contribution in [-0.2, 0) is 75.1 Å². The van der Waals surface area contributed by atoms with E-state index in [1.54, 1.807) is 30.3 Å². The van der Waals surface area contributed by atoms with Gasteiger partial charge in [-0.1, -0.05) is 24.3 Å². The monoisotopic (exact) mass is 1500 g/mol. The molecule has 560 valence electrons. The van der Waals surface area contributed by atoms with E-state index in [0.29, 0.717) is 27.9 Å². The summed E-state index contributed by atoms with van der Waals surface area (Å²) in [7, 11) is -7.94. The predicted molar refractivity (Wildman–Crippen MR) is 361 cm³/mol. The zero-order valence-corrected chi connectivity index (χ0v) is 58.4. The minimum Gasteiger partial charge on any atom is -0.480 e. The number of fused-ring (bicyclic) bond motifs is 1. The van der Waals surface area contributed by atoms with Crippen LogP contribution in [0.2, 0.25) is 0 Å². The summed E-state index contributed by atoms with van der Waals surface area (Å²) in [6.07, 6.45) is -17.0. The highest BCUT2D eigenvalue weighted by Gasteiger charge is 2.52. The number of carboxylic acids is 2. The van der Waals surface area contributed by atoms with Crippen LogP contribution in [0.3, 0.4) is 0 Å². The molecule has 4 aromatic rings. The number of phosphoric ester groups is 2. The molecule has 3 heterocycles. The molecule has 6 rings (SSSR count). The smallest absolute Gasteiger partial charge is 0.480 e. The number of unbranched alkanes of at least 4 members (excludes halogenated alkanes) is 1. The number of amides is 7. The number of aliphatic carboxylic acids is 2. The first kappa shape index (κ1) is 82.3. The number of anilines is 3. The van der Waals surface area contributed by atoms with E-state index in [0.717, 1.165) is 49.5 Å². The van der Waals surface area contributed by atoms with E-state index in [1.807, 2.05) is 54.3 Å². The maximum Gasteiger partial charge on any atom is 0.483 e. The van der Waals surface area contributed by atoms with Crippen LogP contribution in [0.15, 0.2) is 82.5 Å². The molecule has 0 radical (unpaired) electrons. The van der Waals surface area contributed by atoms with Crippen LogP contribution in [0.4, 0.5) is 17.1 Å². The number of phosphoric acid groups is 2. The highest BCUT2D eigenvalue weighted by molar-refractivity contribution is 7.80. The highest BCUT2D eigenvalue weighted by atomic mass is 32.1. The second-order valence-electron chi connectivity index (χ2n) is 23.7. The number of carboxylic acid groups (broad SMARTS) is 2. The number of benzene rings is 3. The number of carbonyl (C=O) groups excluding carboxylic acids is 7. The predicted octanol–water partition coefficient (Wildman–Crippen LogP) is -2.18. The number of rotatable bonds is 35. The first-order chi connectivity index (χ1) is 47.9. The van der Waals surface area contributed by atoms with Gasteiger partial charge in [-0.05, 0) is 107 Å². The van der Waals surface area contributed by atoms with Gasteiger partial charge in [0, 0.05) is 74.3 Å². The van der Waals surface area contributed by atoms with E-state index in [-0.39, 0.29) is 30.4 Å². The molecular formula is C60H82N12O27P2S. The third-order valence-corrected chi connectivity index (χ3v) is 18.5. The number of aliphatic hydroxyl groups excluding tert-OH is 4. The lowest BCUT2D eigenvalue weighted by Crippen LogP contribution is -2.66. The molecule has 2 saturated heterocycles. The summed E-state index contributed by atoms with van der Waals surface area (Å²) < 4.78 is 57.5. The standard InChI is InChI=1S/C60H82N12O27P2S/c1-28(50(80)64-30(3)56(85)86)63-54(84)38(15-8-9-24-61-59(102)67-34-19-17-33(18-20-34)66-53(83)37-14-10-13-36-35(37)12-11-16-40(36)71(6)7)68-43(75)22-21-39(57(87)88)69-51(81)29(2)62-52(82)31(4)95-49-45(65-32(5)74)58(97-41(26-73)47(49)78)98-101(92,93)99-100(90,91)94-27-42-46(77)48(79)55(96-42)72-25-23-44(76)70-60(72)89/h10-14,16-20,23,25,28-31,38-39,41-42,45-49,55,58,73,77-79H,8-9,15,21-22,24,26-27H2,1-7H3,(H,62,82)(H,63,84)(H,64,80)(H,65,74)(H,66,83)(H,68,75)(H,69,81)(H,85,86)(H,87,88)(H,90,91)(H,92,93)(H2,61,67,102)(H,70,76,89)/t28-,29+,30-,31-,38+,39-,41-,42-,45-,46-,47-,48-,49-,55-,58-/m1/s1. The Labute approximate surface area is 585 Å². The third-order valence-electron chi connectivity index (χ3n) is 15.7. The molecule has 2 fully saturated rings. The fourth-order valence-corrected chi connectivity index (χ4v) is 12.7. The third kappa shape index (κ3) is 23.4. The van der Waals surface area contributed by atoms with Crippen molar-refractivity contribution in [3.8, 4) is 0 Å². The zero-order chi connectivity index (χ0) is 75.7. The maximum absolute atomic E-state index is 13.7. The molecule has 0 spiro atoms. The van der Waals surface area contributed by atoms with Gasteiger partial charge in [-0.15, -0.1) is 0 Å². The van der Waals surface area contributed by atoms with Crippen molar-refractivity contribution in [2.45, 2.75) is 158 Å². The van der Waals surface area contributed by atoms with Crippen molar-refractivity contribution in [2.75, 3.05) is 49.4 Å². The number of thiocarbonyl (C=S) groups is 1. The van der Waals surface area contributed by atoms with Crippen LogP contribution in [0, 0.1) is 0 Å². The van der Waals surface area contributed by atoms with Crippen molar-refractivity contribution < 1.29 is 120 Å². The van der Waals surface area contributed by atoms with Crippen LogP contribution in [0.5, 0.6) is 0 Å². The van der Waals surface area contributed by atoms with Crippen LogP contribution in [0.25, 0.3) is 10.8 Å². The molecule has 0 aliphatic carbocycles. The maximum atomic E-state index is 13.7. The van der Waals surface area contributed by atoms with Crippen molar-refractivity contribution in [1.82, 2.24) is 46.8 Å². The molecule has 39 nitrogen and oxygen atoms in total. The van der Waals surface area contributed by atoms with E-state index in [4.69, 9.17) is 35.5 Å². The number of H-pyrrole nitrogens is 1. The molecule has 2 aliphatic rings. The van der Waals surface area contributed by atoms with E-state index >= 15 is 0 Å². The Kier molecular flexibility index (Phi) is 29.8. The lowest BCUT2D eigenvalue weighted by molar-refractivity contribution is -0.261. The molecule has 2 unspecified atom stereocenters. The normalized spacial score (nSPS) is 22.4. The Morgan fingerprint density at radius 1 is 0.696 bits per heavy atom.